The molecule has 0 bridgehead atoms. The van der Waals surface area contributed by atoms with Crippen LogP contribution in [0.5, 0.6) is 5.88 Å². The third-order valence-electron chi connectivity index (χ3n) is 6.61. The van der Waals surface area contributed by atoms with Crippen molar-refractivity contribution in [1.29, 1.82) is 0 Å². The van der Waals surface area contributed by atoms with Crippen LogP contribution in [-0.4, -0.2) is 43.3 Å². The van der Waals surface area contributed by atoms with Gasteiger partial charge in [0.15, 0.2) is 0 Å². The lowest BCUT2D eigenvalue weighted by Gasteiger charge is -2.27. The van der Waals surface area contributed by atoms with E-state index in [1.807, 2.05) is 4.57 Å². The predicted molar refractivity (Wildman–Crippen MR) is 148 cm³/mol. The van der Waals surface area contributed by atoms with Gasteiger partial charge in [0.05, 0.1) is 44.9 Å². The number of thiazole rings is 1. The average molecular weight is 627 g/mol. The molecule has 1 fully saturated rings. The third-order valence-corrected chi connectivity index (χ3v) is 8.06. The number of hydrogen-bond donors (Lipinski definition) is 1. The Morgan fingerprint density at radius 1 is 1.18 bits per heavy atom. The average Bonchev–Trinajstić information content (AvgIpc) is 3.49. The summed E-state index contributed by atoms with van der Waals surface area (Å²) in [6.07, 6.45) is 2.49. The summed E-state index contributed by atoms with van der Waals surface area (Å²) < 4.78 is 44.7. The van der Waals surface area contributed by atoms with Gasteiger partial charge in [0.2, 0.25) is 5.88 Å². The lowest BCUT2D eigenvalue weighted by atomic mass is 10.0. The molecule has 0 spiro atoms. The molecular formula is C28H21BrF2N4O4S. The molecular weight excluding hydrogens is 606 g/mol. The van der Waals surface area contributed by atoms with Crippen LogP contribution in [0.2, 0.25) is 0 Å². The Hall–Kier alpha value is -3.74. The van der Waals surface area contributed by atoms with E-state index in [0.717, 1.165) is 27.3 Å². The van der Waals surface area contributed by atoms with Crippen LogP contribution in [0.25, 0.3) is 22.3 Å². The molecule has 5 aromatic rings. The number of imidazole rings is 1. The fourth-order valence-electron chi connectivity index (χ4n) is 4.50. The first-order chi connectivity index (χ1) is 19.3. The van der Waals surface area contributed by atoms with Gasteiger partial charge in [-0.2, -0.15) is 0 Å². The summed E-state index contributed by atoms with van der Waals surface area (Å²) in [6, 6.07) is 11.8. The van der Waals surface area contributed by atoms with E-state index in [1.54, 1.807) is 36.5 Å². The molecule has 2 aromatic carbocycles. The number of fused-ring (bicyclic) bond motifs is 1. The molecule has 1 aliphatic rings. The molecule has 0 aliphatic carbocycles. The minimum absolute atomic E-state index is 0.00571. The smallest absolute Gasteiger partial charge is 0.335 e. The van der Waals surface area contributed by atoms with Crippen molar-refractivity contribution in [1.82, 2.24) is 19.5 Å². The van der Waals surface area contributed by atoms with Gasteiger partial charge in [-0.3, -0.25) is 0 Å². The van der Waals surface area contributed by atoms with Gasteiger partial charge >= 0.3 is 5.97 Å². The fourth-order valence-corrected chi connectivity index (χ4v) is 5.72. The molecule has 204 valence electrons. The second kappa shape index (κ2) is 11.0. The lowest BCUT2D eigenvalue weighted by molar-refractivity contribution is -0.0589. The van der Waals surface area contributed by atoms with E-state index in [9.17, 15) is 9.90 Å². The topological polar surface area (TPSA) is 99.4 Å². The summed E-state index contributed by atoms with van der Waals surface area (Å²) in [5.41, 5.74) is 1.65. The van der Waals surface area contributed by atoms with Gasteiger partial charge in [0.1, 0.15) is 29.1 Å². The Bertz CT molecular complexity index is 1740. The molecule has 1 N–H and O–H groups in total. The van der Waals surface area contributed by atoms with Gasteiger partial charge in [-0.05, 0) is 64.3 Å². The number of benzene rings is 2. The lowest BCUT2D eigenvalue weighted by Crippen LogP contribution is -2.31. The number of hydrogen-bond acceptors (Lipinski definition) is 7. The molecule has 0 amide bonds. The van der Waals surface area contributed by atoms with Crippen molar-refractivity contribution in [2.75, 3.05) is 6.61 Å². The van der Waals surface area contributed by atoms with Gasteiger partial charge < -0.3 is 19.1 Å². The van der Waals surface area contributed by atoms with Crippen LogP contribution >= 0.6 is 27.3 Å². The molecule has 0 saturated carbocycles. The van der Waals surface area contributed by atoms with Crippen LogP contribution in [0.3, 0.4) is 0 Å². The van der Waals surface area contributed by atoms with Crippen LogP contribution in [0.15, 0.2) is 58.5 Å². The van der Waals surface area contributed by atoms with Crippen molar-refractivity contribution in [3.63, 3.8) is 0 Å². The zero-order chi connectivity index (χ0) is 27.8. The Labute approximate surface area is 239 Å². The maximum absolute atomic E-state index is 15.4. The maximum Gasteiger partial charge on any atom is 0.335 e. The summed E-state index contributed by atoms with van der Waals surface area (Å²) >= 11 is 4.78. The molecule has 1 atom stereocenters. The first-order valence-electron chi connectivity index (χ1n) is 12.4. The normalized spacial score (nSPS) is 14.8. The van der Waals surface area contributed by atoms with Crippen molar-refractivity contribution < 1.29 is 28.2 Å². The zero-order valence-electron chi connectivity index (χ0n) is 20.8. The minimum Gasteiger partial charge on any atom is -0.478 e. The Morgan fingerprint density at radius 2 is 2.02 bits per heavy atom. The zero-order valence-corrected chi connectivity index (χ0v) is 23.2. The minimum atomic E-state index is -1.06. The quantitative estimate of drug-likeness (QED) is 0.206. The van der Waals surface area contributed by atoms with Crippen molar-refractivity contribution in [3.05, 3.63) is 92.1 Å². The van der Waals surface area contributed by atoms with Crippen molar-refractivity contribution in [2.24, 2.45) is 0 Å². The number of carbonyl (C=O) groups is 1. The highest BCUT2D eigenvalue weighted by Crippen LogP contribution is 2.29. The number of halogens is 3. The van der Waals surface area contributed by atoms with E-state index in [2.05, 4.69) is 30.9 Å². The highest BCUT2D eigenvalue weighted by Gasteiger charge is 2.23. The SMILES string of the molecule is O=C(O)c1ccc2nc(Cc3cc(F)c(-c4cccc(OCc5ncc(Br)s5)n4)cc3F)n(CC3CCO3)c2c1. The van der Waals surface area contributed by atoms with Crippen LogP contribution in [0.4, 0.5) is 8.78 Å². The summed E-state index contributed by atoms with van der Waals surface area (Å²) in [7, 11) is 0. The number of aromatic carboxylic acids is 1. The van der Waals surface area contributed by atoms with Crippen molar-refractivity contribution in [2.45, 2.75) is 32.1 Å². The number of pyridine rings is 1. The van der Waals surface area contributed by atoms with E-state index in [1.165, 1.54) is 17.4 Å². The monoisotopic (exact) mass is 626 g/mol. The third kappa shape index (κ3) is 5.47. The molecule has 1 aliphatic heterocycles. The number of carboxylic acid groups (broad SMARTS) is 1. The van der Waals surface area contributed by atoms with Gasteiger partial charge in [0.25, 0.3) is 0 Å². The van der Waals surface area contributed by atoms with Crippen LogP contribution in [0.1, 0.15) is 33.2 Å². The van der Waals surface area contributed by atoms with Crippen molar-refractivity contribution in [3.8, 4) is 17.1 Å². The second-order valence-electron chi connectivity index (χ2n) is 9.24. The molecule has 6 rings (SSSR count). The van der Waals surface area contributed by atoms with Gasteiger partial charge in [-0.25, -0.2) is 28.5 Å². The number of aromatic nitrogens is 4. The largest absolute Gasteiger partial charge is 0.478 e. The Morgan fingerprint density at radius 3 is 2.75 bits per heavy atom. The predicted octanol–water partition coefficient (Wildman–Crippen LogP) is 6.25. The van der Waals surface area contributed by atoms with E-state index in [0.29, 0.717) is 30.0 Å². The molecule has 1 saturated heterocycles. The summed E-state index contributed by atoms with van der Waals surface area (Å²) in [5.74, 6) is -1.55. The number of rotatable bonds is 9. The van der Waals surface area contributed by atoms with Gasteiger partial charge in [-0.15, -0.1) is 11.3 Å². The first-order valence-corrected chi connectivity index (χ1v) is 14.0. The van der Waals surface area contributed by atoms with Gasteiger partial charge in [-0.1, -0.05) is 6.07 Å². The Kier molecular flexibility index (Phi) is 7.30. The van der Waals surface area contributed by atoms with Crippen LogP contribution in [-0.2, 0) is 24.3 Å². The highest BCUT2D eigenvalue weighted by molar-refractivity contribution is 9.11. The Balaban J connectivity index is 1.28. The van der Waals surface area contributed by atoms with E-state index < -0.39 is 17.6 Å². The van der Waals surface area contributed by atoms with E-state index >= 15 is 8.78 Å². The molecule has 3 aromatic heterocycles. The van der Waals surface area contributed by atoms with E-state index in [-0.39, 0.29) is 47.4 Å². The highest BCUT2D eigenvalue weighted by atomic mass is 79.9. The number of nitrogens with zero attached hydrogens (tertiary/aromatic N) is 4. The molecule has 12 heteroatoms. The number of carboxylic acids is 1. The number of ether oxygens (including phenoxy) is 2. The summed E-state index contributed by atoms with van der Waals surface area (Å²) in [6.45, 7) is 1.28. The van der Waals surface area contributed by atoms with Crippen molar-refractivity contribution >= 4 is 44.3 Å². The standard InChI is InChI=1S/C28H21BrF2N4O4S/c29-24-12-32-27(40-24)14-39-26-3-1-2-21(34-26)18-11-19(30)16(8-20(18)31)10-25-33-22-5-4-15(28(36)37)9-23(22)35(25)13-17-6-7-38-17/h1-5,8-9,11-12,17H,6-7,10,13-14H2,(H,36,37). The molecule has 40 heavy (non-hydrogen) atoms. The molecule has 4 heterocycles. The molecule has 8 nitrogen and oxygen atoms in total. The van der Waals surface area contributed by atoms with E-state index in [4.69, 9.17) is 9.47 Å². The molecule has 1 unspecified atom stereocenters. The maximum atomic E-state index is 15.4. The van der Waals surface area contributed by atoms with Crippen LogP contribution in [0, 0.1) is 11.6 Å². The summed E-state index contributed by atoms with van der Waals surface area (Å²) in [4.78, 5) is 24.7. The fraction of sp³-hybridized carbons (Fsp3) is 0.214. The van der Waals surface area contributed by atoms with Crippen LogP contribution < -0.4 is 4.74 Å². The van der Waals surface area contributed by atoms with Gasteiger partial charge in [0, 0.05) is 24.7 Å². The second-order valence-corrected chi connectivity index (χ2v) is 11.7. The first kappa shape index (κ1) is 26.5. The molecule has 0 radical (unpaired) electrons. The summed E-state index contributed by atoms with van der Waals surface area (Å²) in [5, 5.41) is 10.2.